The van der Waals surface area contributed by atoms with E-state index in [0.717, 1.165) is 30.0 Å². The van der Waals surface area contributed by atoms with Crippen LogP contribution >= 0.6 is 11.3 Å². The largest absolute Gasteiger partial charge is 0.397 e. The Kier molecular flexibility index (Phi) is 8.18. The average molecular weight is 453 g/mol. The Balaban J connectivity index is 1.68. The number of nitrogens with two attached hydrogens (primary N) is 1. The van der Waals surface area contributed by atoms with E-state index in [9.17, 15) is 9.59 Å². The molecule has 5 N–H and O–H groups in total. The van der Waals surface area contributed by atoms with Crippen molar-refractivity contribution in [3.8, 4) is 0 Å². The Morgan fingerprint density at radius 2 is 1.91 bits per heavy atom. The second kappa shape index (κ2) is 11.3. The number of nitrogens with one attached hydrogen (secondary N) is 3. The van der Waals surface area contributed by atoms with E-state index in [0.29, 0.717) is 11.4 Å². The highest BCUT2D eigenvalue weighted by molar-refractivity contribution is 7.14. The number of hydrogen-bond acceptors (Lipinski definition) is 6. The van der Waals surface area contributed by atoms with Gasteiger partial charge in [0.1, 0.15) is 5.69 Å². The molecule has 0 spiro atoms. The maximum absolute atomic E-state index is 12.5. The van der Waals surface area contributed by atoms with Gasteiger partial charge in [0, 0.05) is 6.20 Å². The number of aromatic nitrogens is 1. The highest BCUT2D eigenvalue weighted by Gasteiger charge is 2.17. The zero-order valence-corrected chi connectivity index (χ0v) is 19.0. The van der Waals surface area contributed by atoms with Crippen LogP contribution in [0.2, 0.25) is 0 Å². The number of thiophene rings is 1. The third kappa shape index (κ3) is 6.79. The Labute approximate surface area is 191 Å². The molecule has 32 heavy (non-hydrogen) atoms. The summed E-state index contributed by atoms with van der Waals surface area (Å²) < 4.78 is 0. The molecule has 0 aliphatic heterocycles. The minimum atomic E-state index is -0.345. The van der Waals surface area contributed by atoms with Gasteiger partial charge in [-0.25, -0.2) is 4.79 Å². The Morgan fingerprint density at radius 1 is 1.09 bits per heavy atom. The average Bonchev–Trinajstić information content (AvgIpc) is 3.27. The summed E-state index contributed by atoms with van der Waals surface area (Å²) in [6, 6.07) is 13.8. The van der Waals surface area contributed by atoms with Crippen LogP contribution in [0.4, 0.5) is 21.2 Å². The molecule has 0 aliphatic rings. The van der Waals surface area contributed by atoms with Crippen LogP contribution in [-0.4, -0.2) is 42.5 Å². The SMILES string of the molecule is CN(C)CCCC(NC(=O)Nc1cccs1)c1ccc(C(=O)Nc2ccccc2N)nc1. The molecule has 1 unspecified atom stereocenters. The predicted molar refractivity (Wildman–Crippen MR) is 130 cm³/mol. The summed E-state index contributed by atoms with van der Waals surface area (Å²) in [5.74, 6) is -0.345. The van der Waals surface area contributed by atoms with Crippen molar-refractivity contribution in [3.05, 3.63) is 71.4 Å². The van der Waals surface area contributed by atoms with E-state index in [1.165, 1.54) is 11.3 Å². The fourth-order valence-corrected chi connectivity index (χ4v) is 3.75. The van der Waals surface area contributed by atoms with E-state index < -0.39 is 0 Å². The number of nitrogen functional groups attached to an aromatic ring is 1. The van der Waals surface area contributed by atoms with Crippen molar-refractivity contribution >= 4 is 39.7 Å². The summed E-state index contributed by atoms with van der Waals surface area (Å²) in [6.07, 6.45) is 3.27. The second-order valence-corrected chi connectivity index (χ2v) is 8.54. The van der Waals surface area contributed by atoms with Crippen molar-refractivity contribution in [1.29, 1.82) is 0 Å². The lowest BCUT2D eigenvalue weighted by atomic mass is 10.0. The number of para-hydroxylation sites is 2. The summed E-state index contributed by atoms with van der Waals surface area (Å²) in [6.45, 7) is 0.900. The first-order valence-corrected chi connectivity index (χ1v) is 11.2. The summed E-state index contributed by atoms with van der Waals surface area (Å²) in [4.78, 5) is 31.4. The number of benzene rings is 1. The number of carbonyl (C=O) groups excluding carboxylic acids is 2. The quantitative estimate of drug-likeness (QED) is 0.364. The molecule has 9 heteroatoms. The molecule has 0 bridgehead atoms. The van der Waals surface area contributed by atoms with E-state index in [1.807, 2.05) is 37.7 Å². The molecule has 0 saturated carbocycles. The highest BCUT2D eigenvalue weighted by Crippen LogP contribution is 2.21. The van der Waals surface area contributed by atoms with E-state index in [4.69, 9.17) is 5.73 Å². The topological polar surface area (TPSA) is 112 Å². The molecular weight excluding hydrogens is 424 g/mol. The van der Waals surface area contributed by atoms with Crippen molar-refractivity contribution in [2.24, 2.45) is 0 Å². The molecule has 1 atom stereocenters. The molecule has 168 valence electrons. The van der Waals surface area contributed by atoms with Crippen LogP contribution in [-0.2, 0) is 0 Å². The number of nitrogens with zero attached hydrogens (tertiary/aromatic N) is 2. The Morgan fingerprint density at radius 3 is 2.56 bits per heavy atom. The normalized spacial score (nSPS) is 11.7. The first-order chi connectivity index (χ1) is 15.4. The lowest BCUT2D eigenvalue weighted by Gasteiger charge is -2.20. The van der Waals surface area contributed by atoms with Crippen LogP contribution in [0.15, 0.2) is 60.1 Å². The minimum absolute atomic E-state index is 0.232. The van der Waals surface area contributed by atoms with Gasteiger partial charge in [-0.3, -0.25) is 15.1 Å². The lowest BCUT2D eigenvalue weighted by Crippen LogP contribution is -2.33. The number of urea groups is 1. The Bertz CT molecular complexity index is 1020. The van der Waals surface area contributed by atoms with Crippen LogP contribution in [0.3, 0.4) is 0 Å². The van der Waals surface area contributed by atoms with E-state index in [-0.39, 0.29) is 23.7 Å². The van der Waals surface area contributed by atoms with Gasteiger partial charge < -0.3 is 21.3 Å². The summed E-state index contributed by atoms with van der Waals surface area (Å²) in [5, 5.41) is 11.3. The number of carbonyl (C=O) groups is 2. The number of hydrogen-bond donors (Lipinski definition) is 4. The monoisotopic (exact) mass is 452 g/mol. The highest BCUT2D eigenvalue weighted by atomic mass is 32.1. The van der Waals surface area contributed by atoms with Gasteiger partial charge in [0.2, 0.25) is 0 Å². The summed E-state index contributed by atoms with van der Waals surface area (Å²) in [5.41, 5.74) is 8.02. The van der Waals surface area contributed by atoms with Gasteiger partial charge >= 0.3 is 6.03 Å². The molecule has 3 aromatic rings. The molecule has 2 aromatic heterocycles. The van der Waals surface area contributed by atoms with Crippen LogP contribution in [0.1, 0.15) is 34.9 Å². The molecule has 2 heterocycles. The van der Waals surface area contributed by atoms with Crippen LogP contribution in [0, 0.1) is 0 Å². The number of amides is 3. The van der Waals surface area contributed by atoms with Gasteiger partial charge in [-0.1, -0.05) is 18.2 Å². The van der Waals surface area contributed by atoms with Crippen molar-refractivity contribution in [2.75, 3.05) is 37.0 Å². The van der Waals surface area contributed by atoms with Crippen LogP contribution in [0.25, 0.3) is 0 Å². The van der Waals surface area contributed by atoms with Crippen molar-refractivity contribution in [3.63, 3.8) is 0 Å². The number of anilines is 3. The summed E-state index contributed by atoms with van der Waals surface area (Å²) >= 11 is 1.46. The number of pyridine rings is 1. The molecule has 0 fully saturated rings. The second-order valence-electron chi connectivity index (χ2n) is 7.59. The smallest absolute Gasteiger partial charge is 0.320 e. The van der Waals surface area contributed by atoms with Gasteiger partial charge in [0.15, 0.2) is 0 Å². The third-order valence-electron chi connectivity index (χ3n) is 4.79. The van der Waals surface area contributed by atoms with Crippen molar-refractivity contribution in [1.82, 2.24) is 15.2 Å². The maximum atomic E-state index is 12.5. The van der Waals surface area contributed by atoms with E-state index in [1.54, 1.807) is 36.5 Å². The zero-order chi connectivity index (χ0) is 22.9. The first-order valence-electron chi connectivity index (χ1n) is 10.3. The molecule has 8 nitrogen and oxygen atoms in total. The van der Waals surface area contributed by atoms with Crippen molar-refractivity contribution < 1.29 is 9.59 Å². The first kappa shape index (κ1) is 23.2. The van der Waals surface area contributed by atoms with Gasteiger partial charge in [0.05, 0.1) is 22.4 Å². The fraction of sp³-hybridized carbons (Fsp3) is 0.261. The molecular formula is C23H28N6O2S. The minimum Gasteiger partial charge on any atom is -0.397 e. The lowest BCUT2D eigenvalue weighted by molar-refractivity contribution is 0.102. The van der Waals surface area contributed by atoms with Gasteiger partial charge in [-0.05, 0) is 74.8 Å². The van der Waals surface area contributed by atoms with Gasteiger partial charge in [0.25, 0.3) is 5.91 Å². The van der Waals surface area contributed by atoms with Crippen LogP contribution in [0.5, 0.6) is 0 Å². The predicted octanol–water partition coefficient (Wildman–Crippen LogP) is 4.18. The standard InChI is InChI=1S/C23H28N6O2S/c1-29(2)13-5-9-18(27-23(31)28-21-10-6-14-32-21)16-11-12-20(25-15-16)22(30)26-19-8-4-3-7-17(19)24/h3-4,6-8,10-12,14-15,18H,5,9,13,24H2,1-2H3,(H,26,30)(H2,27,28,31). The summed E-state index contributed by atoms with van der Waals surface area (Å²) in [7, 11) is 4.03. The molecule has 3 amide bonds. The maximum Gasteiger partial charge on any atom is 0.320 e. The van der Waals surface area contributed by atoms with Gasteiger partial charge in [-0.2, -0.15) is 0 Å². The third-order valence-corrected chi connectivity index (χ3v) is 5.58. The number of rotatable bonds is 9. The molecule has 3 rings (SSSR count). The zero-order valence-electron chi connectivity index (χ0n) is 18.2. The van der Waals surface area contributed by atoms with E-state index in [2.05, 4.69) is 25.8 Å². The molecule has 1 aromatic carbocycles. The van der Waals surface area contributed by atoms with E-state index >= 15 is 0 Å². The molecule has 0 saturated heterocycles. The van der Waals surface area contributed by atoms with Crippen molar-refractivity contribution in [2.45, 2.75) is 18.9 Å². The van der Waals surface area contributed by atoms with Gasteiger partial charge in [-0.15, -0.1) is 11.3 Å². The van der Waals surface area contributed by atoms with Crippen LogP contribution < -0.4 is 21.7 Å². The fourth-order valence-electron chi connectivity index (χ4n) is 3.13. The molecule has 0 radical (unpaired) electrons. The molecule has 0 aliphatic carbocycles. The Hall–Kier alpha value is -3.43.